The molecule has 8 heteroatoms. The van der Waals surface area contributed by atoms with Crippen molar-refractivity contribution in [2.24, 2.45) is 0 Å². The molecule has 1 aliphatic rings. The molecule has 0 spiro atoms. The molecule has 0 aromatic heterocycles. The predicted octanol–water partition coefficient (Wildman–Crippen LogP) is 2.58. The van der Waals surface area contributed by atoms with E-state index in [9.17, 15) is 13.2 Å². The summed E-state index contributed by atoms with van der Waals surface area (Å²) in [6.45, 7) is -0.149. The molecule has 1 heterocycles. The topological polar surface area (TPSA) is 84.5 Å². The molecule has 0 radical (unpaired) electrons. The van der Waals surface area contributed by atoms with Gasteiger partial charge in [0.15, 0.2) is 12.4 Å². The third kappa shape index (κ3) is 2.93. The quantitative estimate of drug-likeness (QED) is 0.854. The third-order valence-corrected chi connectivity index (χ3v) is 4.92. The van der Waals surface area contributed by atoms with Crippen molar-refractivity contribution in [3.8, 4) is 5.75 Å². The van der Waals surface area contributed by atoms with Crippen molar-refractivity contribution in [2.75, 3.05) is 16.6 Å². The highest BCUT2D eigenvalue weighted by Crippen LogP contribution is 2.36. The normalized spacial score (nSPS) is 13.8. The number of halogens is 1. The van der Waals surface area contributed by atoms with Crippen molar-refractivity contribution >= 4 is 43.2 Å². The van der Waals surface area contributed by atoms with Crippen LogP contribution in [0.5, 0.6) is 5.75 Å². The summed E-state index contributed by atoms with van der Waals surface area (Å²) in [6.07, 6.45) is 0. The molecule has 1 aliphatic heterocycles. The number of fused-ring (bicyclic) bond motifs is 1. The van der Waals surface area contributed by atoms with Crippen LogP contribution in [0.15, 0.2) is 51.8 Å². The number of anilines is 2. The minimum absolute atomic E-state index is 0.133. The molecule has 0 fully saturated rings. The van der Waals surface area contributed by atoms with E-state index in [4.69, 9.17) is 4.74 Å². The van der Waals surface area contributed by atoms with Gasteiger partial charge in [-0.3, -0.25) is 9.52 Å². The van der Waals surface area contributed by atoms with E-state index in [1.54, 1.807) is 30.3 Å². The number of carbonyl (C=O) groups excluding carboxylic acids is 1. The molecule has 0 saturated heterocycles. The average molecular weight is 383 g/mol. The van der Waals surface area contributed by atoms with Crippen LogP contribution in [0.2, 0.25) is 0 Å². The Balaban J connectivity index is 1.95. The second-order valence-electron chi connectivity index (χ2n) is 4.58. The van der Waals surface area contributed by atoms with Gasteiger partial charge >= 0.3 is 0 Å². The molecule has 2 aromatic rings. The molecule has 114 valence electrons. The SMILES string of the molecule is O=C1COc2c(cccc2NS(=O)(=O)c2ccc(Br)cc2)N1. The fourth-order valence-electron chi connectivity index (χ4n) is 2.01. The lowest BCUT2D eigenvalue weighted by Gasteiger charge is -2.21. The van der Waals surface area contributed by atoms with Crippen LogP contribution in [0.4, 0.5) is 11.4 Å². The number of amides is 1. The van der Waals surface area contributed by atoms with Crippen molar-refractivity contribution in [1.82, 2.24) is 0 Å². The Labute approximate surface area is 135 Å². The number of ether oxygens (including phenoxy) is 1. The number of sulfonamides is 1. The first-order chi connectivity index (χ1) is 10.5. The maximum atomic E-state index is 12.4. The highest BCUT2D eigenvalue weighted by atomic mass is 79.9. The molecule has 0 bridgehead atoms. The van der Waals surface area contributed by atoms with Gasteiger partial charge in [-0.1, -0.05) is 22.0 Å². The largest absolute Gasteiger partial charge is 0.479 e. The zero-order valence-corrected chi connectivity index (χ0v) is 13.6. The molecular weight excluding hydrogens is 372 g/mol. The third-order valence-electron chi connectivity index (χ3n) is 3.00. The summed E-state index contributed by atoms with van der Waals surface area (Å²) in [6, 6.07) is 11.1. The summed E-state index contributed by atoms with van der Waals surface area (Å²) in [5.41, 5.74) is 0.715. The van der Waals surface area contributed by atoms with E-state index in [-0.39, 0.29) is 23.1 Å². The first-order valence-corrected chi connectivity index (χ1v) is 8.57. The second kappa shape index (κ2) is 5.62. The van der Waals surface area contributed by atoms with Crippen molar-refractivity contribution in [3.05, 3.63) is 46.9 Å². The Morgan fingerprint density at radius 2 is 1.86 bits per heavy atom. The van der Waals surface area contributed by atoms with E-state index in [1.165, 1.54) is 12.1 Å². The summed E-state index contributed by atoms with van der Waals surface area (Å²) in [4.78, 5) is 11.4. The molecule has 0 saturated carbocycles. The van der Waals surface area contributed by atoms with E-state index < -0.39 is 10.0 Å². The number of benzene rings is 2. The summed E-state index contributed by atoms with van der Waals surface area (Å²) in [5.74, 6) is 0.0307. The van der Waals surface area contributed by atoms with Crippen LogP contribution in [0, 0.1) is 0 Å². The van der Waals surface area contributed by atoms with E-state index in [2.05, 4.69) is 26.0 Å². The first kappa shape index (κ1) is 14.9. The van der Waals surface area contributed by atoms with Crippen LogP contribution in [0.1, 0.15) is 0 Å². The van der Waals surface area contributed by atoms with Gasteiger partial charge < -0.3 is 10.1 Å². The number of para-hydroxylation sites is 1. The van der Waals surface area contributed by atoms with Gasteiger partial charge in [0.2, 0.25) is 0 Å². The van der Waals surface area contributed by atoms with Gasteiger partial charge in [-0.2, -0.15) is 0 Å². The molecule has 2 aromatic carbocycles. The summed E-state index contributed by atoms with van der Waals surface area (Å²) < 4.78 is 33.4. The van der Waals surface area contributed by atoms with Gasteiger partial charge in [0.1, 0.15) is 0 Å². The molecule has 0 aliphatic carbocycles. The monoisotopic (exact) mass is 382 g/mol. The van der Waals surface area contributed by atoms with Crippen molar-refractivity contribution < 1.29 is 17.9 Å². The van der Waals surface area contributed by atoms with Crippen LogP contribution >= 0.6 is 15.9 Å². The predicted molar refractivity (Wildman–Crippen MR) is 85.5 cm³/mol. The van der Waals surface area contributed by atoms with Gasteiger partial charge in [-0.15, -0.1) is 0 Å². The molecule has 2 N–H and O–H groups in total. The van der Waals surface area contributed by atoms with Crippen LogP contribution in [-0.2, 0) is 14.8 Å². The summed E-state index contributed by atoms with van der Waals surface area (Å²) >= 11 is 3.26. The van der Waals surface area contributed by atoms with Gasteiger partial charge in [0.25, 0.3) is 15.9 Å². The van der Waals surface area contributed by atoms with Crippen molar-refractivity contribution in [2.45, 2.75) is 4.90 Å². The highest BCUT2D eigenvalue weighted by Gasteiger charge is 2.22. The minimum atomic E-state index is -3.74. The number of carbonyl (C=O) groups is 1. The summed E-state index contributed by atoms with van der Waals surface area (Å²) in [5, 5.41) is 2.63. The van der Waals surface area contributed by atoms with Crippen LogP contribution in [0.25, 0.3) is 0 Å². The Bertz CT molecular complexity index is 834. The zero-order chi connectivity index (χ0) is 15.7. The fraction of sp³-hybridized carbons (Fsp3) is 0.0714. The van der Waals surface area contributed by atoms with Crippen LogP contribution < -0.4 is 14.8 Å². The maximum absolute atomic E-state index is 12.4. The van der Waals surface area contributed by atoms with E-state index >= 15 is 0 Å². The Morgan fingerprint density at radius 3 is 2.59 bits per heavy atom. The number of hydrogen-bond acceptors (Lipinski definition) is 4. The Kier molecular flexibility index (Phi) is 3.79. The van der Waals surface area contributed by atoms with Crippen LogP contribution in [0.3, 0.4) is 0 Å². The molecule has 3 rings (SSSR count). The number of nitrogens with one attached hydrogen (secondary N) is 2. The molecular formula is C14H11BrN2O4S. The van der Waals surface area contributed by atoms with Crippen LogP contribution in [-0.4, -0.2) is 20.9 Å². The second-order valence-corrected chi connectivity index (χ2v) is 7.18. The number of hydrogen-bond donors (Lipinski definition) is 2. The van der Waals surface area contributed by atoms with Gasteiger partial charge in [0.05, 0.1) is 16.3 Å². The van der Waals surface area contributed by atoms with E-state index in [1.807, 2.05) is 0 Å². The average Bonchev–Trinajstić information content (AvgIpc) is 2.47. The molecule has 0 unspecified atom stereocenters. The van der Waals surface area contributed by atoms with Crippen molar-refractivity contribution in [1.29, 1.82) is 0 Å². The maximum Gasteiger partial charge on any atom is 0.262 e. The zero-order valence-electron chi connectivity index (χ0n) is 11.2. The molecule has 22 heavy (non-hydrogen) atoms. The highest BCUT2D eigenvalue weighted by molar-refractivity contribution is 9.10. The Hall–Kier alpha value is -2.06. The Morgan fingerprint density at radius 1 is 1.14 bits per heavy atom. The number of rotatable bonds is 3. The van der Waals surface area contributed by atoms with Gasteiger partial charge in [-0.25, -0.2) is 8.42 Å². The van der Waals surface area contributed by atoms with Crippen molar-refractivity contribution in [3.63, 3.8) is 0 Å². The van der Waals surface area contributed by atoms with Gasteiger partial charge in [-0.05, 0) is 36.4 Å². The lowest BCUT2D eigenvalue weighted by Crippen LogP contribution is -2.26. The summed E-state index contributed by atoms with van der Waals surface area (Å²) in [7, 11) is -3.74. The molecule has 6 nitrogen and oxygen atoms in total. The van der Waals surface area contributed by atoms with E-state index in [0.717, 1.165) is 4.47 Å². The van der Waals surface area contributed by atoms with Gasteiger partial charge in [0, 0.05) is 4.47 Å². The smallest absolute Gasteiger partial charge is 0.262 e. The lowest BCUT2D eigenvalue weighted by atomic mass is 10.2. The standard InChI is InChI=1S/C14H11BrN2O4S/c15-9-4-6-10(7-5-9)22(19,20)17-12-3-1-2-11-14(12)21-8-13(18)16-11/h1-7,17H,8H2,(H,16,18). The first-order valence-electron chi connectivity index (χ1n) is 6.30. The lowest BCUT2D eigenvalue weighted by molar-refractivity contribution is -0.118. The molecule has 1 amide bonds. The minimum Gasteiger partial charge on any atom is -0.479 e. The molecule has 0 atom stereocenters. The van der Waals surface area contributed by atoms with E-state index in [0.29, 0.717) is 11.4 Å². The fourth-order valence-corrected chi connectivity index (χ4v) is 3.34.